The van der Waals surface area contributed by atoms with Crippen molar-refractivity contribution in [3.05, 3.63) is 0 Å². The molecule has 1 saturated carbocycles. The molecule has 0 spiro atoms. The van der Waals surface area contributed by atoms with E-state index in [9.17, 15) is 0 Å². The standard InChI is InChI=1S/C10H19NO/c1-7-3-6-9(12-7)10(11-2)8-4-5-8/h7-11H,3-6H2,1-2H3. The molecule has 2 heteroatoms. The molecule has 1 saturated heterocycles. The van der Waals surface area contributed by atoms with Gasteiger partial charge in [0.2, 0.25) is 0 Å². The van der Waals surface area contributed by atoms with Crippen LogP contribution in [0.1, 0.15) is 32.6 Å². The molecule has 0 radical (unpaired) electrons. The van der Waals surface area contributed by atoms with Crippen LogP contribution in [0.25, 0.3) is 0 Å². The topological polar surface area (TPSA) is 21.3 Å². The van der Waals surface area contributed by atoms with E-state index >= 15 is 0 Å². The molecule has 1 heterocycles. The van der Waals surface area contributed by atoms with Gasteiger partial charge in [-0.05, 0) is 45.6 Å². The Hall–Kier alpha value is -0.0800. The van der Waals surface area contributed by atoms with Gasteiger partial charge >= 0.3 is 0 Å². The maximum Gasteiger partial charge on any atom is 0.0735 e. The van der Waals surface area contributed by atoms with Gasteiger partial charge in [0, 0.05) is 6.04 Å². The number of likely N-dealkylation sites (N-methyl/N-ethyl adjacent to an activating group) is 1. The second-order valence-corrected chi connectivity index (χ2v) is 4.21. The summed E-state index contributed by atoms with van der Waals surface area (Å²) in [5.41, 5.74) is 0. The monoisotopic (exact) mass is 169 g/mol. The highest BCUT2D eigenvalue weighted by Crippen LogP contribution is 2.37. The largest absolute Gasteiger partial charge is 0.374 e. The van der Waals surface area contributed by atoms with Crippen molar-refractivity contribution in [2.75, 3.05) is 7.05 Å². The summed E-state index contributed by atoms with van der Waals surface area (Å²) in [5, 5.41) is 3.40. The number of nitrogens with one attached hydrogen (secondary N) is 1. The van der Waals surface area contributed by atoms with E-state index in [1.165, 1.54) is 25.7 Å². The van der Waals surface area contributed by atoms with Crippen molar-refractivity contribution in [2.45, 2.75) is 50.9 Å². The van der Waals surface area contributed by atoms with E-state index in [1.54, 1.807) is 0 Å². The van der Waals surface area contributed by atoms with Gasteiger partial charge in [-0.15, -0.1) is 0 Å². The van der Waals surface area contributed by atoms with Crippen molar-refractivity contribution in [1.82, 2.24) is 5.32 Å². The van der Waals surface area contributed by atoms with Crippen molar-refractivity contribution in [1.29, 1.82) is 0 Å². The van der Waals surface area contributed by atoms with Crippen LogP contribution in [0.2, 0.25) is 0 Å². The minimum atomic E-state index is 0.490. The maximum atomic E-state index is 5.85. The Bertz CT molecular complexity index is 156. The Morgan fingerprint density at radius 2 is 2.00 bits per heavy atom. The minimum Gasteiger partial charge on any atom is -0.374 e. The van der Waals surface area contributed by atoms with Crippen LogP contribution in [0.5, 0.6) is 0 Å². The zero-order chi connectivity index (χ0) is 8.55. The first kappa shape index (κ1) is 8.52. The van der Waals surface area contributed by atoms with E-state index < -0.39 is 0 Å². The number of ether oxygens (including phenoxy) is 1. The fourth-order valence-corrected chi connectivity index (χ4v) is 2.28. The van der Waals surface area contributed by atoms with E-state index in [0.29, 0.717) is 18.2 Å². The lowest BCUT2D eigenvalue weighted by Crippen LogP contribution is -2.39. The van der Waals surface area contributed by atoms with Gasteiger partial charge in [0.15, 0.2) is 0 Å². The van der Waals surface area contributed by atoms with Crippen LogP contribution in [0.4, 0.5) is 0 Å². The van der Waals surface area contributed by atoms with Gasteiger partial charge in [-0.2, -0.15) is 0 Å². The number of hydrogen-bond donors (Lipinski definition) is 1. The highest BCUT2D eigenvalue weighted by atomic mass is 16.5. The van der Waals surface area contributed by atoms with E-state index in [1.807, 2.05) is 0 Å². The lowest BCUT2D eigenvalue weighted by Gasteiger charge is -2.22. The highest BCUT2D eigenvalue weighted by molar-refractivity contribution is 4.93. The lowest BCUT2D eigenvalue weighted by molar-refractivity contribution is 0.0287. The SMILES string of the molecule is CNC(C1CC1)C1CCC(C)O1. The Morgan fingerprint density at radius 3 is 2.42 bits per heavy atom. The lowest BCUT2D eigenvalue weighted by atomic mass is 10.0. The quantitative estimate of drug-likeness (QED) is 0.692. The molecule has 2 fully saturated rings. The van der Waals surface area contributed by atoms with E-state index in [4.69, 9.17) is 4.74 Å². The fraction of sp³-hybridized carbons (Fsp3) is 1.00. The Morgan fingerprint density at radius 1 is 1.25 bits per heavy atom. The molecule has 12 heavy (non-hydrogen) atoms. The third-order valence-electron chi connectivity index (χ3n) is 3.13. The fourth-order valence-electron chi connectivity index (χ4n) is 2.28. The molecule has 1 aliphatic heterocycles. The van der Waals surface area contributed by atoms with Gasteiger partial charge in [-0.3, -0.25) is 0 Å². The van der Waals surface area contributed by atoms with Gasteiger partial charge in [-0.25, -0.2) is 0 Å². The number of rotatable bonds is 3. The van der Waals surface area contributed by atoms with Crippen LogP contribution < -0.4 is 5.32 Å². The summed E-state index contributed by atoms with van der Waals surface area (Å²) >= 11 is 0. The molecule has 0 amide bonds. The zero-order valence-electron chi connectivity index (χ0n) is 8.05. The summed E-state index contributed by atoms with van der Waals surface area (Å²) in [6.45, 7) is 2.18. The van der Waals surface area contributed by atoms with Gasteiger partial charge in [-0.1, -0.05) is 0 Å². The summed E-state index contributed by atoms with van der Waals surface area (Å²) in [5.74, 6) is 0.908. The molecule has 0 aromatic heterocycles. The average Bonchev–Trinajstić information content (AvgIpc) is 2.78. The third-order valence-corrected chi connectivity index (χ3v) is 3.13. The molecule has 2 aliphatic rings. The first-order valence-electron chi connectivity index (χ1n) is 5.14. The molecule has 1 N–H and O–H groups in total. The molecule has 0 bridgehead atoms. The Kier molecular flexibility index (Phi) is 2.37. The van der Waals surface area contributed by atoms with Crippen molar-refractivity contribution in [3.8, 4) is 0 Å². The smallest absolute Gasteiger partial charge is 0.0735 e. The van der Waals surface area contributed by atoms with E-state index in [2.05, 4.69) is 19.3 Å². The molecule has 3 atom stereocenters. The van der Waals surface area contributed by atoms with Crippen LogP contribution in [0.3, 0.4) is 0 Å². The van der Waals surface area contributed by atoms with Crippen LogP contribution in [0, 0.1) is 5.92 Å². The van der Waals surface area contributed by atoms with Gasteiger partial charge in [0.1, 0.15) is 0 Å². The molecular formula is C10H19NO. The molecule has 1 aliphatic carbocycles. The zero-order valence-corrected chi connectivity index (χ0v) is 8.05. The maximum absolute atomic E-state index is 5.85. The second-order valence-electron chi connectivity index (χ2n) is 4.21. The van der Waals surface area contributed by atoms with E-state index in [0.717, 1.165) is 5.92 Å². The van der Waals surface area contributed by atoms with Crippen LogP contribution in [0.15, 0.2) is 0 Å². The molecule has 2 nitrogen and oxygen atoms in total. The van der Waals surface area contributed by atoms with Crippen LogP contribution in [-0.4, -0.2) is 25.3 Å². The molecule has 70 valence electrons. The minimum absolute atomic E-state index is 0.490. The average molecular weight is 169 g/mol. The van der Waals surface area contributed by atoms with E-state index in [-0.39, 0.29) is 0 Å². The van der Waals surface area contributed by atoms with Crippen LogP contribution in [-0.2, 0) is 4.74 Å². The molecule has 2 rings (SSSR count). The van der Waals surface area contributed by atoms with Gasteiger partial charge in [0.05, 0.1) is 12.2 Å². The van der Waals surface area contributed by atoms with Crippen molar-refractivity contribution < 1.29 is 4.74 Å². The predicted molar refractivity (Wildman–Crippen MR) is 49.1 cm³/mol. The first-order valence-corrected chi connectivity index (χ1v) is 5.14. The highest BCUT2D eigenvalue weighted by Gasteiger charge is 2.38. The summed E-state index contributed by atoms with van der Waals surface area (Å²) in [6, 6.07) is 0.634. The normalized spacial score (nSPS) is 38.5. The Balaban J connectivity index is 1.88. The van der Waals surface area contributed by atoms with Gasteiger partial charge in [0.25, 0.3) is 0 Å². The van der Waals surface area contributed by atoms with Gasteiger partial charge < -0.3 is 10.1 Å². The predicted octanol–water partition coefficient (Wildman–Crippen LogP) is 1.55. The summed E-state index contributed by atoms with van der Waals surface area (Å²) in [7, 11) is 2.06. The van der Waals surface area contributed by atoms with Crippen molar-refractivity contribution >= 4 is 0 Å². The first-order chi connectivity index (χ1) is 5.81. The Labute approximate surface area is 74.7 Å². The second kappa shape index (κ2) is 3.35. The number of hydrogen-bond acceptors (Lipinski definition) is 2. The molecule has 0 aromatic rings. The third kappa shape index (κ3) is 1.64. The molecule has 3 unspecified atom stereocenters. The van der Waals surface area contributed by atoms with Crippen molar-refractivity contribution in [3.63, 3.8) is 0 Å². The van der Waals surface area contributed by atoms with Crippen molar-refractivity contribution in [2.24, 2.45) is 5.92 Å². The summed E-state index contributed by atoms with van der Waals surface area (Å²) in [4.78, 5) is 0. The molecule has 0 aromatic carbocycles. The summed E-state index contributed by atoms with van der Waals surface area (Å²) < 4.78 is 5.85. The van der Waals surface area contributed by atoms with Crippen LogP contribution >= 0.6 is 0 Å². The molecular weight excluding hydrogens is 150 g/mol. The summed E-state index contributed by atoms with van der Waals surface area (Å²) in [6.07, 6.45) is 6.29.